The third kappa shape index (κ3) is 5.55. The molecule has 2 rings (SSSR count). The Morgan fingerprint density at radius 1 is 1.17 bits per heavy atom. The summed E-state index contributed by atoms with van der Waals surface area (Å²) in [4.78, 5) is 24.3. The molecular weight excluding hydrogens is 414 g/mol. The van der Waals surface area contributed by atoms with Gasteiger partial charge in [0.1, 0.15) is 0 Å². The molecule has 12 heteroatoms. The van der Waals surface area contributed by atoms with Crippen LogP contribution in [0.5, 0.6) is 0 Å². The van der Waals surface area contributed by atoms with Gasteiger partial charge >= 0.3 is 0 Å². The van der Waals surface area contributed by atoms with Gasteiger partial charge in [0.25, 0.3) is 0 Å². The maximum Gasteiger partial charge on any atom is 0.243 e. The number of hydrogen-bond donors (Lipinski definition) is 3. The van der Waals surface area contributed by atoms with Crippen LogP contribution >= 0.6 is 11.8 Å². The van der Waals surface area contributed by atoms with Crippen molar-refractivity contribution in [2.45, 2.75) is 43.0 Å². The predicted octanol–water partition coefficient (Wildman–Crippen LogP) is 1.49. The molecule has 0 saturated carbocycles. The van der Waals surface area contributed by atoms with E-state index in [9.17, 15) is 13.2 Å². The molecule has 1 atom stereocenters. The van der Waals surface area contributed by atoms with Crippen LogP contribution in [-0.2, 0) is 14.8 Å². The van der Waals surface area contributed by atoms with E-state index in [0.717, 1.165) is 11.8 Å². The van der Waals surface area contributed by atoms with Crippen LogP contribution in [0.4, 0.5) is 17.6 Å². The van der Waals surface area contributed by atoms with Gasteiger partial charge in [0.15, 0.2) is 5.16 Å². The van der Waals surface area contributed by atoms with Crippen molar-refractivity contribution in [3.63, 3.8) is 0 Å². The van der Waals surface area contributed by atoms with E-state index in [4.69, 9.17) is 11.5 Å². The first-order valence-corrected chi connectivity index (χ1v) is 11.3. The monoisotopic (exact) mass is 439 g/mol. The van der Waals surface area contributed by atoms with Crippen LogP contribution in [0.2, 0.25) is 0 Å². The lowest BCUT2D eigenvalue weighted by Crippen LogP contribution is -2.31. The number of aromatic nitrogens is 3. The third-order valence-corrected chi connectivity index (χ3v) is 7.23. The SMILES string of the molecule is CCN(CC)S(=O)(=O)c1cc(NC(=O)[C@H](C)Sc2nc(N)nc(N)n2)ccc1C. The molecule has 0 unspecified atom stereocenters. The first-order chi connectivity index (χ1) is 13.6. The number of nitrogens with zero attached hydrogens (tertiary/aromatic N) is 4. The van der Waals surface area contributed by atoms with Crippen molar-refractivity contribution in [2.75, 3.05) is 29.9 Å². The van der Waals surface area contributed by atoms with Crippen LogP contribution in [0.3, 0.4) is 0 Å². The Balaban J connectivity index is 2.20. The highest BCUT2D eigenvalue weighted by molar-refractivity contribution is 8.00. The second-order valence-electron chi connectivity index (χ2n) is 6.15. The molecule has 5 N–H and O–H groups in total. The van der Waals surface area contributed by atoms with E-state index >= 15 is 0 Å². The minimum atomic E-state index is -3.65. The van der Waals surface area contributed by atoms with Crippen LogP contribution < -0.4 is 16.8 Å². The Bertz CT molecular complexity index is 974. The maximum absolute atomic E-state index is 12.9. The summed E-state index contributed by atoms with van der Waals surface area (Å²) in [5.41, 5.74) is 12.1. The van der Waals surface area contributed by atoms with Crippen molar-refractivity contribution < 1.29 is 13.2 Å². The largest absolute Gasteiger partial charge is 0.368 e. The number of aryl methyl sites for hydroxylation is 1. The summed E-state index contributed by atoms with van der Waals surface area (Å²) in [6.07, 6.45) is 0. The molecule has 0 fully saturated rings. The van der Waals surface area contributed by atoms with Crippen LogP contribution in [0.1, 0.15) is 26.3 Å². The van der Waals surface area contributed by atoms with Gasteiger partial charge in [0.05, 0.1) is 10.1 Å². The zero-order valence-corrected chi connectivity index (χ0v) is 18.3. The normalized spacial score (nSPS) is 12.7. The summed E-state index contributed by atoms with van der Waals surface area (Å²) in [6.45, 7) is 7.67. The average molecular weight is 440 g/mol. The molecule has 2 aromatic rings. The highest BCUT2D eigenvalue weighted by Crippen LogP contribution is 2.25. The average Bonchev–Trinajstić information content (AvgIpc) is 2.63. The highest BCUT2D eigenvalue weighted by atomic mass is 32.2. The summed E-state index contributed by atoms with van der Waals surface area (Å²) in [6, 6.07) is 4.79. The number of benzene rings is 1. The summed E-state index contributed by atoms with van der Waals surface area (Å²) in [7, 11) is -3.65. The third-order valence-electron chi connectivity index (χ3n) is 4.08. The molecule has 0 aliphatic carbocycles. The smallest absolute Gasteiger partial charge is 0.243 e. The van der Waals surface area contributed by atoms with E-state index in [1.54, 1.807) is 39.8 Å². The lowest BCUT2D eigenvalue weighted by molar-refractivity contribution is -0.115. The molecule has 0 aliphatic heterocycles. The first kappa shape index (κ1) is 22.8. The number of carbonyl (C=O) groups excluding carboxylic acids is 1. The molecule has 0 bridgehead atoms. The highest BCUT2D eigenvalue weighted by Gasteiger charge is 2.24. The summed E-state index contributed by atoms with van der Waals surface area (Å²) < 4.78 is 27.1. The predicted molar refractivity (Wildman–Crippen MR) is 114 cm³/mol. The Hall–Kier alpha value is -2.44. The van der Waals surface area contributed by atoms with Crippen LogP contribution in [-0.4, -0.2) is 51.9 Å². The molecular formula is C17H25N7O3S2. The van der Waals surface area contributed by atoms with Crippen molar-refractivity contribution in [1.29, 1.82) is 0 Å². The topological polar surface area (TPSA) is 157 Å². The summed E-state index contributed by atoms with van der Waals surface area (Å²) in [5, 5.41) is 2.37. The Morgan fingerprint density at radius 3 is 2.31 bits per heavy atom. The number of thioether (sulfide) groups is 1. The molecule has 1 amide bonds. The van der Waals surface area contributed by atoms with Crippen molar-refractivity contribution in [1.82, 2.24) is 19.3 Å². The maximum atomic E-state index is 12.9. The van der Waals surface area contributed by atoms with Gasteiger partial charge in [-0.15, -0.1) is 0 Å². The number of nitrogen functional groups attached to an aromatic ring is 2. The molecule has 0 saturated heterocycles. The van der Waals surface area contributed by atoms with Crippen molar-refractivity contribution in [2.24, 2.45) is 0 Å². The minimum absolute atomic E-state index is 0.0302. The van der Waals surface area contributed by atoms with E-state index in [2.05, 4.69) is 20.3 Å². The van der Waals surface area contributed by atoms with Gasteiger partial charge in [0, 0.05) is 18.8 Å². The number of hydrogen-bond acceptors (Lipinski definition) is 9. The molecule has 158 valence electrons. The summed E-state index contributed by atoms with van der Waals surface area (Å²) >= 11 is 1.06. The number of anilines is 3. The molecule has 1 aromatic carbocycles. The number of rotatable bonds is 8. The van der Waals surface area contributed by atoms with Gasteiger partial charge in [-0.1, -0.05) is 31.7 Å². The van der Waals surface area contributed by atoms with Gasteiger partial charge in [-0.3, -0.25) is 4.79 Å². The number of nitrogens with two attached hydrogens (primary N) is 2. The van der Waals surface area contributed by atoms with E-state index in [-0.39, 0.29) is 27.9 Å². The van der Waals surface area contributed by atoms with Crippen LogP contribution in [0.15, 0.2) is 28.3 Å². The number of nitrogens with one attached hydrogen (secondary N) is 1. The fourth-order valence-electron chi connectivity index (χ4n) is 2.55. The zero-order chi connectivity index (χ0) is 21.8. The van der Waals surface area contributed by atoms with E-state index in [1.165, 1.54) is 10.4 Å². The Labute approximate surface area is 174 Å². The first-order valence-electron chi connectivity index (χ1n) is 8.93. The fourth-order valence-corrected chi connectivity index (χ4v) is 5.04. The molecule has 10 nitrogen and oxygen atoms in total. The summed E-state index contributed by atoms with van der Waals surface area (Å²) in [5.74, 6) is -0.405. The van der Waals surface area contributed by atoms with Crippen molar-refractivity contribution in [3.05, 3.63) is 23.8 Å². The van der Waals surface area contributed by atoms with E-state index < -0.39 is 15.3 Å². The van der Waals surface area contributed by atoms with Gasteiger partial charge in [-0.25, -0.2) is 8.42 Å². The van der Waals surface area contributed by atoms with Crippen LogP contribution in [0, 0.1) is 6.92 Å². The minimum Gasteiger partial charge on any atom is -0.368 e. The van der Waals surface area contributed by atoms with Gasteiger partial charge in [0.2, 0.25) is 27.8 Å². The fraction of sp³-hybridized carbons (Fsp3) is 0.412. The molecule has 0 radical (unpaired) electrons. The Kier molecular flexibility index (Phi) is 7.38. The van der Waals surface area contributed by atoms with Gasteiger partial charge in [-0.05, 0) is 31.5 Å². The molecule has 0 spiro atoms. The molecule has 29 heavy (non-hydrogen) atoms. The van der Waals surface area contributed by atoms with Gasteiger partial charge < -0.3 is 16.8 Å². The Morgan fingerprint density at radius 2 is 1.76 bits per heavy atom. The van der Waals surface area contributed by atoms with E-state index in [0.29, 0.717) is 24.3 Å². The van der Waals surface area contributed by atoms with Crippen molar-refractivity contribution >= 4 is 45.3 Å². The molecule has 1 heterocycles. The van der Waals surface area contributed by atoms with Crippen LogP contribution in [0.25, 0.3) is 0 Å². The zero-order valence-electron chi connectivity index (χ0n) is 16.7. The van der Waals surface area contributed by atoms with Gasteiger partial charge in [-0.2, -0.15) is 19.3 Å². The standard InChI is InChI=1S/C17H25N7O3S2/c1-5-24(6-2)29(26,27)13-9-12(8-7-10(13)3)20-14(25)11(4)28-17-22-15(18)21-16(19)23-17/h7-9,11H,5-6H2,1-4H3,(H,20,25)(H4,18,19,21,22,23)/t11-/m0/s1. The lowest BCUT2D eigenvalue weighted by Gasteiger charge is -2.20. The number of carbonyl (C=O) groups is 1. The second-order valence-corrected chi connectivity index (χ2v) is 9.37. The van der Waals surface area contributed by atoms with Crippen molar-refractivity contribution in [3.8, 4) is 0 Å². The number of amides is 1. The quantitative estimate of drug-likeness (QED) is 0.518. The molecule has 0 aliphatic rings. The lowest BCUT2D eigenvalue weighted by atomic mass is 10.2. The van der Waals surface area contributed by atoms with E-state index in [1.807, 2.05) is 0 Å². The number of sulfonamides is 1. The molecule has 1 aromatic heterocycles. The second kappa shape index (κ2) is 9.37.